The first kappa shape index (κ1) is 16.3. The lowest BCUT2D eigenvalue weighted by Gasteiger charge is -2.66. The molecular weight excluding hydrogens is 438 g/mol. The highest BCUT2D eigenvalue weighted by Gasteiger charge is 2.83. The molecule has 3 aliphatic carbocycles. The number of alkyl halides is 3. The van der Waals surface area contributed by atoms with Crippen molar-refractivity contribution in [2.45, 2.75) is 61.6 Å². The average molecular weight is 460 g/mol. The Morgan fingerprint density at radius 3 is 2.11 bits per heavy atom. The molecule has 0 heterocycles. The van der Waals surface area contributed by atoms with E-state index in [-0.39, 0.29) is 36.3 Å². The topological polar surface area (TPSA) is 29.1 Å². The number of carbonyl (C=O) groups excluding carboxylic acids is 1. The molecule has 2 bridgehead atoms. The van der Waals surface area contributed by atoms with Crippen LogP contribution in [0.1, 0.15) is 47.5 Å². The van der Waals surface area contributed by atoms with E-state index in [2.05, 4.69) is 67.0 Å². The van der Waals surface area contributed by atoms with Gasteiger partial charge in [0.05, 0.1) is 9.15 Å². The zero-order valence-corrected chi connectivity index (χ0v) is 16.9. The van der Waals surface area contributed by atoms with Gasteiger partial charge in [0.2, 0.25) is 5.91 Å². The molecule has 3 fully saturated rings. The van der Waals surface area contributed by atoms with Crippen molar-refractivity contribution in [3.8, 4) is 0 Å². The van der Waals surface area contributed by atoms with Gasteiger partial charge < -0.3 is 5.32 Å². The summed E-state index contributed by atoms with van der Waals surface area (Å²) in [6, 6.07) is 0. The molecule has 3 atom stereocenters. The van der Waals surface area contributed by atoms with Crippen LogP contribution in [0.2, 0.25) is 0 Å². The maximum atomic E-state index is 12.8. The van der Waals surface area contributed by atoms with Gasteiger partial charge in [-0.3, -0.25) is 4.79 Å². The van der Waals surface area contributed by atoms with Gasteiger partial charge in [0.25, 0.3) is 0 Å². The molecule has 1 N–H and O–H groups in total. The van der Waals surface area contributed by atoms with Gasteiger partial charge in [-0.2, -0.15) is 0 Å². The Bertz CT molecular complexity index is 415. The van der Waals surface area contributed by atoms with E-state index in [1.54, 1.807) is 0 Å². The number of halogens is 3. The summed E-state index contributed by atoms with van der Waals surface area (Å²) in [4.78, 5) is 13.1. The SMILES string of the molecule is CC(C)(C)NC(=O)[C@]12CC[C@@](C(Br)Br)([C@H]1Br)C2(C)C. The third-order valence-corrected chi connectivity index (χ3v) is 8.61. The largest absolute Gasteiger partial charge is 0.351 e. The van der Waals surface area contributed by atoms with Gasteiger partial charge in [0, 0.05) is 15.8 Å². The maximum Gasteiger partial charge on any atom is 0.228 e. The van der Waals surface area contributed by atoms with E-state index < -0.39 is 0 Å². The molecular formula is C14H22Br3NO. The number of fused-ring (bicyclic) bond motifs is 1. The van der Waals surface area contributed by atoms with Crippen LogP contribution < -0.4 is 5.32 Å². The smallest absolute Gasteiger partial charge is 0.228 e. The molecule has 110 valence electrons. The summed E-state index contributed by atoms with van der Waals surface area (Å²) in [6.45, 7) is 10.6. The normalized spacial score (nSPS) is 40.2. The van der Waals surface area contributed by atoms with E-state index in [9.17, 15) is 4.79 Å². The van der Waals surface area contributed by atoms with Crippen LogP contribution >= 0.6 is 47.8 Å². The summed E-state index contributed by atoms with van der Waals surface area (Å²) in [7, 11) is 0. The van der Waals surface area contributed by atoms with Crippen molar-refractivity contribution in [3.63, 3.8) is 0 Å². The van der Waals surface area contributed by atoms with Gasteiger partial charge in [-0.1, -0.05) is 61.6 Å². The van der Waals surface area contributed by atoms with Crippen LogP contribution in [0.25, 0.3) is 0 Å². The molecule has 0 unspecified atom stereocenters. The Labute approximate surface area is 141 Å². The van der Waals surface area contributed by atoms with Gasteiger partial charge in [0.1, 0.15) is 0 Å². The fourth-order valence-electron chi connectivity index (χ4n) is 4.15. The van der Waals surface area contributed by atoms with E-state index in [1.807, 2.05) is 20.8 Å². The number of hydrogen-bond donors (Lipinski definition) is 1. The number of nitrogens with one attached hydrogen (secondary N) is 1. The molecule has 0 aromatic heterocycles. The molecule has 0 aliphatic heterocycles. The van der Waals surface area contributed by atoms with Crippen molar-refractivity contribution in [2.75, 3.05) is 0 Å². The van der Waals surface area contributed by atoms with Crippen molar-refractivity contribution in [1.82, 2.24) is 5.32 Å². The van der Waals surface area contributed by atoms with Crippen LogP contribution in [-0.2, 0) is 4.79 Å². The predicted octanol–water partition coefficient (Wildman–Crippen LogP) is 4.59. The number of hydrogen-bond acceptors (Lipinski definition) is 1. The Balaban J connectivity index is 2.36. The monoisotopic (exact) mass is 457 g/mol. The minimum Gasteiger partial charge on any atom is -0.351 e. The summed E-state index contributed by atoms with van der Waals surface area (Å²) in [5, 5.41) is 3.18. The van der Waals surface area contributed by atoms with Gasteiger partial charge in [0.15, 0.2) is 0 Å². The first-order valence-corrected chi connectivity index (χ1v) is 9.43. The summed E-state index contributed by atoms with van der Waals surface area (Å²) >= 11 is 11.2. The first-order valence-electron chi connectivity index (χ1n) is 6.68. The van der Waals surface area contributed by atoms with Crippen LogP contribution in [0.3, 0.4) is 0 Å². The molecule has 0 radical (unpaired) electrons. The molecule has 0 spiro atoms. The molecule has 0 aromatic rings. The second kappa shape index (κ2) is 4.45. The molecule has 0 aromatic carbocycles. The Morgan fingerprint density at radius 2 is 1.79 bits per heavy atom. The summed E-state index contributed by atoms with van der Waals surface area (Å²) < 4.78 is 0.227. The maximum absolute atomic E-state index is 12.8. The number of carbonyl (C=O) groups is 1. The molecule has 5 heteroatoms. The summed E-state index contributed by atoms with van der Waals surface area (Å²) in [5.74, 6) is 0.195. The van der Waals surface area contributed by atoms with Crippen molar-refractivity contribution in [3.05, 3.63) is 0 Å². The Morgan fingerprint density at radius 1 is 1.26 bits per heavy atom. The van der Waals surface area contributed by atoms with Gasteiger partial charge >= 0.3 is 0 Å². The molecule has 3 aliphatic rings. The molecule has 3 rings (SSSR count). The third kappa shape index (κ3) is 1.79. The summed E-state index contributed by atoms with van der Waals surface area (Å²) in [6.07, 6.45) is 2.01. The second-order valence-electron chi connectivity index (χ2n) is 7.50. The molecule has 0 saturated heterocycles. The van der Waals surface area contributed by atoms with E-state index in [0.29, 0.717) is 0 Å². The number of amides is 1. The van der Waals surface area contributed by atoms with Gasteiger partial charge in [-0.25, -0.2) is 0 Å². The van der Waals surface area contributed by atoms with Crippen molar-refractivity contribution >= 4 is 53.7 Å². The minimum atomic E-state index is -0.292. The zero-order chi connectivity index (χ0) is 14.9. The molecule has 1 amide bonds. The highest BCUT2D eigenvalue weighted by atomic mass is 79.9. The third-order valence-electron chi connectivity index (χ3n) is 5.38. The predicted molar refractivity (Wildman–Crippen MR) is 90.1 cm³/mol. The van der Waals surface area contributed by atoms with Crippen LogP contribution in [0.15, 0.2) is 0 Å². The van der Waals surface area contributed by atoms with E-state index in [4.69, 9.17) is 0 Å². The Hall–Kier alpha value is 0.910. The van der Waals surface area contributed by atoms with Crippen LogP contribution in [-0.4, -0.2) is 20.0 Å². The minimum absolute atomic E-state index is 0.0266. The lowest BCUT2D eigenvalue weighted by Crippen LogP contribution is -2.72. The quantitative estimate of drug-likeness (QED) is 0.601. The zero-order valence-electron chi connectivity index (χ0n) is 12.1. The van der Waals surface area contributed by atoms with E-state index in [1.165, 1.54) is 0 Å². The average Bonchev–Trinajstić information content (AvgIpc) is 2.64. The van der Waals surface area contributed by atoms with Gasteiger partial charge in [-0.05, 0) is 39.0 Å². The second-order valence-corrected chi connectivity index (χ2v) is 11.5. The van der Waals surface area contributed by atoms with E-state index >= 15 is 0 Å². The first-order chi connectivity index (χ1) is 8.43. The summed E-state index contributed by atoms with van der Waals surface area (Å²) in [5.41, 5.74) is -0.402. The molecule has 2 nitrogen and oxygen atoms in total. The van der Waals surface area contributed by atoms with Crippen LogP contribution in [0, 0.1) is 16.2 Å². The van der Waals surface area contributed by atoms with Gasteiger partial charge in [-0.15, -0.1) is 0 Å². The van der Waals surface area contributed by atoms with Crippen molar-refractivity contribution in [2.24, 2.45) is 16.2 Å². The van der Waals surface area contributed by atoms with Crippen molar-refractivity contribution in [1.29, 1.82) is 0 Å². The number of rotatable bonds is 2. The molecule has 3 saturated carbocycles. The van der Waals surface area contributed by atoms with E-state index in [0.717, 1.165) is 12.8 Å². The fourth-order valence-corrected chi connectivity index (χ4v) is 9.07. The van der Waals surface area contributed by atoms with Crippen molar-refractivity contribution < 1.29 is 4.79 Å². The lowest BCUT2D eigenvalue weighted by molar-refractivity contribution is -0.163. The fraction of sp³-hybridized carbons (Fsp3) is 0.929. The standard InChI is InChI=1S/C14H22Br3NO/c1-11(2,3)18-10(19)14-7-6-13(8(14)15,9(16)17)12(14,4)5/h8-9H,6-7H2,1-5H3,(H,18,19)/t8-,13+,14+/m1/s1. The van der Waals surface area contributed by atoms with Crippen LogP contribution in [0.5, 0.6) is 0 Å². The lowest BCUT2D eigenvalue weighted by atomic mass is 9.43. The van der Waals surface area contributed by atoms with Crippen LogP contribution in [0.4, 0.5) is 0 Å². The highest BCUT2D eigenvalue weighted by Crippen LogP contribution is 2.82. The highest BCUT2D eigenvalue weighted by molar-refractivity contribution is 9.24. The molecule has 19 heavy (non-hydrogen) atoms. The Kier molecular flexibility index (Phi) is 3.82.